The molecule has 3 N–H and O–H groups in total. The number of fused-ring (bicyclic) bond motifs is 1. The Hall–Kier alpha value is -1.88. The Kier molecular flexibility index (Phi) is 4.39. The molecule has 0 saturated carbocycles. The maximum Gasteiger partial charge on any atom is 0.221 e. The molecule has 2 rings (SSSR count). The van der Waals surface area contributed by atoms with E-state index in [4.69, 9.17) is 5.73 Å². The first kappa shape index (κ1) is 14.5. The molecule has 0 fully saturated rings. The summed E-state index contributed by atoms with van der Waals surface area (Å²) in [5.74, 6) is 0.00740. The van der Waals surface area contributed by atoms with Gasteiger partial charge in [-0.15, -0.1) is 0 Å². The van der Waals surface area contributed by atoms with Crippen molar-refractivity contribution in [1.82, 2.24) is 14.9 Å². The number of nitrogens with two attached hydrogens (primary N) is 1. The quantitative estimate of drug-likeness (QED) is 0.787. The Morgan fingerprint density at radius 2 is 2.15 bits per heavy atom. The largest absolute Gasteiger partial charge is 0.356 e. The number of hydrogen-bond acceptors (Lipinski definition) is 3. The minimum atomic E-state index is -0.454. The predicted octanol–water partition coefficient (Wildman–Crippen LogP) is 1.67. The lowest BCUT2D eigenvalue weighted by Crippen LogP contribution is -2.39. The van der Waals surface area contributed by atoms with Crippen molar-refractivity contribution < 1.29 is 4.79 Å². The zero-order chi connectivity index (χ0) is 14.6. The second-order valence-electron chi connectivity index (χ2n) is 5.80. The fraction of sp³-hybridized carbons (Fsp3) is 0.467. The molecule has 0 aliphatic rings. The van der Waals surface area contributed by atoms with Gasteiger partial charge in [0.15, 0.2) is 0 Å². The van der Waals surface area contributed by atoms with Gasteiger partial charge in [-0.25, -0.2) is 4.98 Å². The van der Waals surface area contributed by atoms with Crippen LogP contribution in [0, 0.1) is 0 Å². The number of rotatable bonds is 6. The first-order valence-electron chi connectivity index (χ1n) is 6.91. The summed E-state index contributed by atoms with van der Waals surface area (Å²) < 4.78 is 2.11. The fourth-order valence-electron chi connectivity index (χ4n) is 2.14. The molecule has 0 bridgehead atoms. The van der Waals surface area contributed by atoms with Crippen molar-refractivity contribution >= 4 is 16.9 Å². The summed E-state index contributed by atoms with van der Waals surface area (Å²) in [5, 5.41) is 2.90. The van der Waals surface area contributed by atoms with Crippen molar-refractivity contribution in [2.45, 2.75) is 38.8 Å². The van der Waals surface area contributed by atoms with Crippen LogP contribution in [0.25, 0.3) is 11.0 Å². The normalized spacial score (nSPS) is 11.8. The molecule has 20 heavy (non-hydrogen) atoms. The van der Waals surface area contributed by atoms with Crippen LogP contribution >= 0.6 is 0 Å². The van der Waals surface area contributed by atoms with Crippen LogP contribution in [0.4, 0.5) is 0 Å². The Labute approximate surface area is 119 Å². The zero-order valence-electron chi connectivity index (χ0n) is 12.1. The highest BCUT2D eigenvalue weighted by Gasteiger charge is 2.15. The van der Waals surface area contributed by atoms with Gasteiger partial charge in [0, 0.05) is 25.0 Å². The van der Waals surface area contributed by atoms with Gasteiger partial charge < -0.3 is 15.6 Å². The first-order valence-corrected chi connectivity index (χ1v) is 6.91. The number of aromatic nitrogens is 2. The predicted molar refractivity (Wildman–Crippen MR) is 80.2 cm³/mol. The van der Waals surface area contributed by atoms with Crippen LogP contribution in [-0.2, 0) is 11.3 Å². The lowest BCUT2D eigenvalue weighted by molar-refractivity contribution is -0.122. The van der Waals surface area contributed by atoms with Gasteiger partial charge in [0.1, 0.15) is 0 Å². The summed E-state index contributed by atoms with van der Waals surface area (Å²) in [6.07, 6.45) is 3.06. The summed E-state index contributed by atoms with van der Waals surface area (Å²) >= 11 is 0. The van der Waals surface area contributed by atoms with Gasteiger partial charge in [-0.2, -0.15) is 0 Å². The molecular formula is C15H22N4O. The van der Waals surface area contributed by atoms with Crippen LogP contribution in [0.15, 0.2) is 30.6 Å². The third kappa shape index (κ3) is 4.06. The Balaban J connectivity index is 1.78. The van der Waals surface area contributed by atoms with Crippen LogP contribution in [0.2, 0.25) is 0 Å². The summed E-state index contributed by atoms with van der Waals surface area (Å²) in [5.41, 5.74) is 7.48. The topological polar surface area (TPSA) is 72.9 Å². The first-order chi connectivity index (χ1) is 9.46. The van der Waals surface area contributed by atoms with Crippen LogP contribution in [-0.4, -0.2) is 27.5 Å². The summed E-state index contributed by atoms with van der Waals surface area (Å²) in [4.78, 5) is 16.0. The Morgan fingerprint density at radius 3 is 2.90 bits per heavy atom. The standard InChI is InChI=1S/C15H22N4O/c1-15(2,16)10-14(20)17-8-5-9-19-11-18-12-6-3-4-7-13(12)19/h3-4,6-7,11H,5,8-10,16H2,1-2H3,(H,17,20). The van der Waals surface area contributed by atoms with Crippen molar-refractivity contribution in [2.24, 2.45) is 5.73 Å². The molecule has 0 aliphatic carbocycles. The van der Waals surface area contributed by atoms with Crippen molar-refractivity contribution in [3.63, 3.8) is 0 Å². The number of carbonyl (C=O) groups excluding carboxylic acids is 1. The highest BCUT2D eigenvalue weighted by Crippen LogP contribution is 2.11. The highest BCUT2D eigenvalue weighted by atomic mass is 16.1. The second kappa shape index (κ2) is 6.05. The third-order valence-corrected chi connectivity index (χ3v) is 3.04. The van der Waals surface area contributed by atoms with Crippen molar-refractivity contribution in [3.05, 3.63) is 30.6 Å². The van der Waals surface area contributed by atoms with Crippen molar-refractivity contribution in [1.29, 1.82) is 0 Å². The molecule has 2 aromatic rings. The van der Waals surface area contributed by atoms with E-state index in [1.165, 1.54) is 0 Å². The van der Waals surface area contributed by atoms with E-state index in [1.54, 1.807) is 0 Å². The lowest BCUT2D eigenvalue weighted by Gasteiger charge is -2.17. The van der Waals surface area contributed by atoms with Crippen molar-refractivity contribution in [2.75, 3.05) is 6.54 Å². The Bertz CT molecular complexity index is 583. The molecule has 0 atom stereocenters. The molecule has 1 amide bonds. The van der Waals surface area contributed by atoms with E-state index in [2.05, 4.69) is 20.9 Å². The number of aryl methyl sites for hydroxylation is 1. The molecule has 0 spiro atoms. The number of amides is 1. The minimum Gasteiger partial charge on any atom is -0.356 e. The number of para-hydroxylation sites is 2. The van der Waals surface area contributed by atoms with E-state index < -0.39 is 5.54 Å². The monoisotopic (exact) mass is 274 g/mol. The summed E-state index contributed by atoms with van der Waals surface area (Å²) in [6, 6.07) is 8.04. The number of nitrogens with one attached hydrogen (secondary N) is 1. The SMILES string of the molecule is CC(C)(N)CC(=O)NCCCn1cnc2ccccc21. The molecule has 0 aliphatic heterocycles. The summed E-state index contributed by atoms with van der Waals surface area (Å²) in [6.45, 7) is 5.20. The molecule has 0 saturated heterocycles. The average Bonchev–Trinajstić information content (AvgIpc) is 2.76. The molecule has 1 heterocycles. The lowest BCUT2D eigenvalue weighted by atomic mass is 10.0. The minimum absolute atomic E-state index is 0.00740. The fourth-order valence-corrected chi connectivity index (χ4v) is 2.14. The maximum atomic E-state index is 11.6. The van der Waals surface area contributed by atoms with E-state index in [1.807, 2.05) is 38.4 Å². The molecule has 1 aromatic heterocycles. The van der Waals surface area contributed by atoms with E-state index in [9.17, 15) is 4.79 Å². The van der Waals surface area contributed by atoms with Crippen LogP contribution in [0.5, 0.6) is 0 Å². The van der Waals surface area contributed by atoms with Gasteiger partial charge in [-0.1, -0.05) is 12.1 Å². The van der Waals surface area contributed by atoms with E-state index in [0.717, 1.165) is 24.0 Å². The molecule has 0 radical (unpaired) electrons. The molecule has 5 heteroatoms. The Morgan fingerprint density at radius 1 is 1.40 bits per heavy atom. The van der Waals surface area contributed by atoms with Crippen molar-refractivity contribution in [3.8, 4) is 0 Å². The van der Waals surface area contributed by atoms with Gasteiger partial charge in [0.05, 0.1) is 17.4 Å². The third-order valence-electron chi connectivity index (χ3n) is 3.04. The summed E-state index contributed by atoms with van der Waals surface area (Å²) in [7, 11) is 0. The molecular weight excluding hydrogens is 252 g/mol. The van der Waals surface area contributed by atoms with Gasteiger partial charge in [0.25, 0.3) is 0 Å². The molecule has 0 unspecified atom stereocenters. The van der Waals surface area contributed by atoms with Gasteiger partial charge >= 0.3 is 0 Å². The van der Waals surface area contributed by atoms with Gasteiger partial charge in [-0.3, -0.25) is 4.79 Å². The number of nitrogens with zero attached hydrogens (tertiary/aromatic N) is 2. The average molecular weight is 274 g/mol. The maximum absolute atomic E-state index is 11.6. The van der Waals surface area contributed by atoms with Crippen LogP contribution in [0.1, 0.15) is 26.7 Å². The van der Waals surface area contributed by atoms with E-state index >= 15 is 0 Å². The van der Waals surface area contributed by atoms with Gasteiger partial charge in [0.2, 0.25) is 5.91 Å². The zero-order valence-corrected chi connectivity index (χ0v) is 12.1. The molecule has 108 valence electrons. The number of carbonyl (C=O) groups is 1. The van der Waals surface area contributed by atoms with Gasteiger partial charge in [-0.05, 0) is 32.4 Å². The van der Waals surface area contributed by atoms with Crippen LogP contribution < -0.4 is 11.1 Å². The number of benzene rings is 1. The molecule has 5 nitrogen and oxygen atoms in total. The number of hydrogen-bond donors (Lipinski definition) is 2. The van der Waals surface area contributed by atoms with Crippen LogP contribution in [0.3, 0.4) is 0 Å². The molecule has 1 aromatic carbocycles. The second-order valence-corrected chi connectivity index (χ2v) is 5.80. The van der Waals surface area contributed by atoms with E-state index in [-0.39, 0.29) is 5.91 Å². The smallest absolute Gasteiger partial charge is 0.221 e. The highest BCUT2D eigenvalue weighted by molar-refractivity contribution is 5.77. The number of imidazole rings is 1. The van der Waals surface area contributed by atoms with E-state index in [0.29, 0.717) is 13.0 Å².